The molecule has 2 unspecified atom stereocenters. The highest BCUT2D eigenvalue weighted by Gasteiger charge is 2.29. The molecule has 3 rings (SSSR count). The Morgan fingerprint density at radius 3 is 2.80 bits per heavy atom. The van der Waals surface area contributed by atoms with Crippen molar-refractivity contribution in [3.05, 3.63) is 51.7 Å². The molecule has 3 N–H and O–H groups in total. The first-order chi connectivity index (χ1) is 9.80. The molecule has 2 heterocycles. The second kappa shape index (κ2) is 5.95. The SMILES string of the molecule is CCc1ccc(CC(NN)C2Cc3ccccc3O2)s1. The number of benzene rings is 1. The van der Waals surface area contributed by atoms with Gasteiger partial charge in [-0.25, -0.2) is 0 Å². The second-order valence-corrected chi connectivity index (χ2v) is 6.42. The fourth-order valence-corrected chi connectivity index (χ4v) is 3.69. The summed E-state index contributed by atoms with van der Waals surface area (Å²) < 4.78 is 6.03. The number of thiophene rings is 1. The monoisotopic (exact) mass is 288 g/mol. The van der Waals surface area contributed by atoms with Crippen molar-refractivity contribution in [2.24, 2.45) is 5.84 Å². The summed E-state index contributed by atoms with van der Waals surface area (Å²) in [5.41, 5.74) is 4.21. The quantitative estimate of drug-likeness (QED) is 0.657. The molecule has 1 aliphatic rings. The van der Waals surface area contributed by atoms with Crippen molar-refractivity contribution in [2.45, 2.75) is 38.3 Å². The molecule has 0 aliphatic carbocycles. The zero-order valence-corrected chi connectivity index (χ0v) is 12.5. The predicted molar refractivity (Wildman–Crippen MR) is 83.1 cm³/mol. The predicted octanol–water partition coefficient (Wildman–Crippen LogP) is 2.69. The average molecular weight is 288 g/mol. The number of nitrogens with one attached hydrogen (secondary N) is 1. The molecule has 2 aromatic rings. The van der Waals surface area contributed by atoms with Gasteiger partial charge in [0.2, 0.25) is 0 Å². The number of aryl methyl sites for hydroxylation is 1. The normalized spacial score (nSPS) is 18.6. The molecule has 3 nitrogen and oxygen atoms in total. The molecular formula is C16H20N2OS. The van der Waals surface area contributed by atoms with Crippen molar-refractivity contribution in [2.75, 3.05) is 0 Å². The van der Waals surface area contributed by atoms with Crippen LogP contribution in [0.25, 0.3) is 0 Å². The first kappa shape index (κ1) is 13.6. The highest BCUT2D eigenvalue weighted by molar-refractivity contribution is 7.11. The molecule has 0 saturated carbocycles. The summed E-state index contributed by atoms with van der Waals surface area (Å²) in [7, 11) is 0. The molecule has 20 heavy (non-hydrogen) atoms. The van der Waals surface area contributed by atoms with Crippen LogP contribution in [0.15, 0.2) is 36.4 Å². The van der Waals surface area contributed by atoms with Crippen LogP contribution in [0.2, 0.25) is 0 Å². The Labute approximate surface area is 123 Å². The van der Waals surface area contributed by atoms with Gasteiger partial charge in [0.05, 0.1) is 6.04 Å². The molecule has 0 saturated heterocycles. The lowest BCUT2D eigenvalue weighted by atomic mass is 10.0. The minimum atomic E-state index is 0.115. The number of para-hydroxylation sites is 1. The van der Waals surface area contributed by atoms with Gasteiger partial charge in [-0.05, 0) is 30.2 Å². The van der Waals surface area contributed by atoms with E-state index in [0.717, 1.165) is 25.0 Å². The maximum atomic E-state index is 6.03. The van der Waals surface area contributed by atoms with E-state index in [2.05, 4.69) is 36.6 Å². The Morgan fingerprint density at radius 2 is 2.10 bits per heavy atom. The average Bonchev–Trinajstić information content (AvgIpc) is 3.10. The summed E-state index contributed by atoms with van der Waals surface area (Å²) >= 11 is 1.87. The van der Waals surface area contributed by atoms with Gasteiger partial charge < -0.3 is 4.74 Å². The standard InChI is InChI=1S/C16H20N2OS/c1-2-12-7-8-13(20-12)10-14(18-17)16-9-11-5-3-4-6-15(11)19-16/h3-8,14,16,18H,2,9-10,17H2,1H3. The largest absolute Gasteiger partial charge is 0.488 e. The molecule has 0 amide bonds. The summed E-state index contributed by atoms with van der Waals surface area (Å²) in [6, 6.07) is 12.8. The van der Waals surface area contributed by atoms with E-state index in [0.29, 0.717) is 0 Å². The number of fused-ring (bicyclic) bond motifs is 1. The van der Waals surface area contributed by atoms with Crippen molar-refractivity contribution >= 4 is 11.3 Å². The first-order valence-electron chi connectivity index (χ1n) is 7.08. The third kappa shape index (κ3) is 2.73. The van der Waals surface area contributed by atoms with E-state index in [4.69, 9.17) is 10.6 Å². The summed E-state index contributed by atoms with van der Waals surface area (Å²) in [6.45, 7) is 2.19. The minimum absolute atomic E-state index is 0.115. The van der Waals surface area contributed by atoms with E-state index in [1.54, 1.807) is 0 Å². The second-order valence-electron chi connectivity index (χ2n) is 5.17. The number of hydrogen-bond acceptors (Lipinski definition) is 4. The van der Waals surface area contributed by atoms with Crippen LogP contribution in [-0.2, 0) is 19.3 Å². The van der Waals surface area contributed by atoms with Crippen LogP contribution in [0.3, 0.4) is 0 Å². The highest BCUT2D eigenvalue weighted by atomic mass is 32.1. The maximum Gasteiger partial charge on any atom is 0.123 e. The van der Waals surface area contributed by atoms with Crippen molar-refractivity contribution in [1.82, 2.24) is 5.43 Å². The van der Waals surface area contributed by atoms with Crippen LogP contribution in [0.5, 0.6) is 5.75 Å². The summed E-state index contributed by atoms with van der Waals surface area (Å²) in [5, 5.41) is 0. The van der Waals surface area contributed by atoms with Crippen LogP contribution < -0.4 is 16.0 Å². The number of rotatable bonds is 5. The van der Waals surface area contributed by atoms with Crippen molar-refractivity contribution in [3.63, 3.8) is 0 Å². The molecule has 1 aromatic carbocycles. The third-order valence-electron chi connectivity index (χ3n) is 3.82. The van der Waals surface area contributed by atoms with Crippen molar-refractivity contribution in [3.8, 4) is 5.75 Å². The molecule has 1 aromatic heterocycles. The number of ether oxygens (including phenoxy) is 1. The molecule has 2 atom stereocenters. The topological polar surface area (TPSA) is 47.3 Å². The van der Waals surface area contributed by atoms with Crippen molar-refractivity contribution in [1.29, 1.82) is 0 Å². The summed E-state index contributed by atoms with van der Waals surface area (Å²) in [4.78, 5) is 2.79. The Morgan fingerprint density at radius 1 is 1.30 bits per heavy atom. The lowest BCUT2D eigenvalue weighted by Crippen LogP contribution is -2.47. The zero-order chi connectivity index (χ0) is 13.9. The molecule has 0 radical (unpaired) electrons. The van der Waals surface area contributed by atoms with Gasteiger partial charge in [0.25, 0.3) is 0 Å². The Hall–Kier alpha value is -1.36. The lowest BCUT2D eigenvalue weighted by molar-refractivity contribution is 0.178. The molecule has 0 spiro atoms. The number of hydrogen-bond donors (Lipinski definition) is 2. The van der Waals surface area contributed by atoms with Crippen LogP contribution in [0, 0.1) is 0 Å². The van der Waals surface area contributed by atoms with Gasteiger partial charge in [-0.3, -0.25) is 11.3 Å². The Bertz CT molecular complexity index is 556. The van der Waals surface area contributed by atoms with E-state index in [1.165, 1.54) is 15.3 Å². The molecule has 1 aliphatic heterocycles. The van der Waals surface area contributed by atoms with E-state index >= 15 is 0 Å². The van der Waals surface area contributed by atoms with E-state index in [1.807, 2.05) is 23.5 Å². The fourth-order valence-electron chi connectivity index (χ4n) is 2.67. The minimum Gasteiger partial charge on any atom is -0.488 e. The lowest BCUT2D eigenvalue weighted by Gasteiger charge is -2.21. The summed E-state index contributed by atoms with van der Waals surface area (Å²) in [6.07, 6.45) is 3.05. The molecular weight excluding hydrogens is 268 g/mol. The van der Waals surface area contributed by atoms with E-state index in [-0.39, 0.29) is 12.1 Å². The number of nitrogens with two attached hydrogens (primary N) is 1. The molecule has 0 bridgehead atoms. The van der Waals surface area contributed by atoms with Crippen LogP contribution in [0.1, 0.15) is 22.2 Å². The smallest absolute Gasteiger partial charge is 0.123 e. The van der Waals surface area contributed by atoms with Gasteiger partial charge in [0.15, 0.2) is 0 Å². The van der Waals surface area contributed by atoms with Gasteiger partial charge in [0.1, 0.15) is 11.9 Å². The molecule has 106 valence electrons. The molecule has 0 fully saturated rings. The van der Waals surface area contributed by atoms with Gasteiger partial charge in [-0.15, -0.1) is 11.3 Å². The summed E-state index contributed by atoms with van der Waals surface area (Å²) in [5.74, 6) is 6.75. The molecule has 4 heteroatoms. The van der Waals surface area contributed by atoms with Crippen LogP contribution >= 0.6 is 11.3 Å². The maximum absolute atomic E-state index is 6.03. The first-order valence-corrected chi connectivity index (χ1v) is 7.90. The number of hydrazine groups is 1. The zero-order valence-electron chi connectivity index (χ0n) is 11.6. The van der Waals surface area contributed by atoms with Gasteiger partial charge >= 0.3 is 0 Å². The van der Waals surface area contributed by atoms with Gasteiger partial charge in [0, 0.05) is 22.6 Å². The van der Waals surface area contributed by atoms with Gasteiger partial charge in [-0.2, -0.15) is 0 Å². The Kier molecular flexibility index (Phi) is 4.05. The highest BCUT2D eigenvalue weighted by Crippen LogP contribution is 2.30. The van der Waals surface area contributed by atoms with Crippen molar-refractivity contribution < 1.29 is 4.74 Å². The fraction of sp³-hybridized carbons (Fsp3) is 0.375. The van der Waals surface area contributed by atoms with Crippen LogP contribution in [-0.4, -0.2) is 12.1 Å². The third-order valence-corrected chi connectivity index (χ3v) is 5.07. The van der Waals surface area contributed by atoms with Crippen LogP contribution in [0.4, 0.5) is 0 Å². The van der Waals surface area contributed by atoms with Gasteiger partial charge in [-0.1, -0.05) is 25.1 Å². The van der Waals surface area contributed by atoms with E-state index < -0.39 is 0 Å². The Balaban J connectivity index is 1.69. The van der Waals surface area contributed by atoms with E-state index in [9.17, 15) is 0 Å².